The van der Waals surface area contributed by atoms with Crippen molar-refractivity contribution in [1.82, 2.24) is 4.31 Å². The Morgan fingerprint density at radius 3 is 2.22 bits per heavy atom. The molecule has 0 amide bonds. The molecule has 1 heterocycles. The van der Waals surface area contributed by atoms with Gasteiger partial charge < -0.3 is 5.73 Å². The Bertz CT molecular complexity index is 792. The smallest absolute Gasteiger partial charge is 0.243 e. The van der Waals surface area contributed by atoms with Crippen LogP contribution in [-0.2, 0) is 10.0 Å². The molecule has 2 atom stereocenters. The normalized spacial score (nSPS) is 22.4. The van der Waals surface area contributed by atoms with Crippen LogP contribution in [0.25, 0.3) is 0 Å². The second-order valence-electron chi connectivity index (χ2n) is 5.61. The Hall–Kier alpha value is -1.83. The number of rotatable bonds is 3. The van der Waals surface area contributed by atoms with E-state index in [2.05, 4.69) is 0 Å². The van der Waals surface area contributed by atoms with Crippen LogP contribution in [0, 0.1) is 11.6 Å². The lowest BCUT2D eigenvalue weighted by molar-refractivity contribution is 0.468. The highest BCUT2D eigenvalue weighted by Gasteiger charge is 2.38. The number of benzene rings is 2. The largest absolute Gasteiger partial charge is 0.326 e. The van der Waals surface area contributed by atoms with Crippen LogP contribution in [0.3, 0.4) is 0 Å². The molecular formula is C16H16F2N2O2S. The predicted molar refractivity (Wildman–Crippen MR) is 82.3 cm³/mol. The summed E-state index contributed by atoms with van der Waals surface area (Å²) in [5.74, 6) is -2.00. The van der Waals surface area contributed by atoms with Gasteiger partial charge in [-0.1, -0.05) is 30.3 Å². The molecule has 2 aromatic carbocycles. The van der Waals surface area contributed by atoms with Gasteiger partial charge in [0.25, 0.3) is 0 Å². The number of halogens is 2. The zero-order valence-corrected chi connectivity index (χ0v) is 13.0. The van der Waals surface area contributed by atoms with E-state index in [0.29, 0.717) is 6.07 Å². The van der Waals surface area contributed by atoms with Crippen LogP contribution < -0.4 is 5.73 Å². The minimum Gasteiger partial charge on any atom is -0.326 e. The molecule has 1 aliphatic rings. The summed E-state index contributed by atoms with van der Waals surface area (Å²) in [6, 6.07) is 11.3. The van der Waals surface area contributed by atoms with Crippen LogP contribution in [0.2, 0.25) is 0 Å². The topological polar surface area (TPSA) is 63.4 Å². The van der Waals surface area contributed by atoms with Crippen molar-refractivity contribution in [1.29, 1.82) is 0 Å². The number of sulfonamides is 1. The lowest BCUT2D eigenvalue weighted by Crippen LogP contribution is -2.32. The molecule has 23 heavy (non-hydrogen) atoms. The minimum atomic E-state index is -3.98. The third kappa shape index (κ3) is 3.12. The van der Waals surface area contributed by atoms with E-state index in [0.717, 1.165) is 17.7 Å². The summed E-state index contributed by atoms with van der Waals surface area (Å²) in [6.07, 6.45) is 0. The molecule has 7 heteroatoms. The molecule has 0 spiro atoms. The molecule has 2 aromatic rings. The molecule has 0 bridgehead atoms. The molecule has 1 aliphatic heterocycles. The Kier molecular flexibility index (Phi) is 4.18. The van der Waals surface area contributed by atoms with Crippen molar-refractivity contribution in [3.8, 4) is 0 Å². The number of hydrogen-bond acceptors (Lipinski definition) is 3. The standard InChI is InChI=1S/C16H16F2N2O2S/c17-12-6-13(18)8-14(7-12)23(21,22)20-9-15(16(19)10-20)11-4-2-1-3-5-11/h1-8,15-16H,9-10,19H2/t15-,16+/m0/s1. The fourth-order valence-electron chi connectivity index (χ4n) is 2.87. The molecule has 2 N–H and O–H groups in total. The Labute approximate surface area is 133 Å². The average molecular weight is 338 g/mol. The first-order valence-corrected chi connectivity index (χ1v) is 8.59. The van der Waals surface area contributed by atoms with Crippen LogP contribution in [0.15, 0.2) is 53.4 Å². The average Bonchev–Trinajstić information content (AvgIpc) is 2.90. The van der Waals surface area contributed by atoms with E-state index in [9.17, 15) is 17.2 Å². The van der Waals surface area contributed by atoms with Gasteiger partial charge in [0.05, 0.1) is 4.90 Å². The van der Waals surface area contributed by atoms with Crippen molar-refractivity contribution in [2.45, 2.75) is 16.9 Å². The second kappa shape index (κ2) is 5.99. The van der Waals surface area contributed by atoms with Crippen LogP contribution in [0.4, 0.5) is 8.78 Å². The van der Waals surface area contributed by atoms with Gasteiger partial charge in [0, 0.05) is 31.1 Å². The van der Waals surface area contributed by atoms with Gasteiger partial charge in [0.2, 0.25) is 10.0 Å². The molecule has 1 fully saturated rings. The van der Waals surface area contributed by atoms with Crippen molar-refractivity contribution in [3.05, 3.63) is 65.7 Å². The zero-order chi connectivity index (χ0) is 16.6. The summed E-state index contributed by atoms with van der Waals surface area (Å²) >= 11 is 0. The number of hydrogen-bond donors (Lipinski definition) is 1. The Morgan fingerprint density at radius 1 is 1.00 bits per heavy atom. The van der Waals surface area contributed by atoms with Crippen LogP contribution in [-0.4, -0.2) is 31.9 Å². The quantitative estimate of drug-likeness (QED) is 0.932. The molecular weight excluding hydrogens is 322 g/mol. The Morgan fingerprint density at radius 2 is 1.61 bits per heavy atom. The van der Waals surface area contributed by atoms with Gasteiger partial charge in [-0.2, -0.15) is 4.31 Å². The third-order valence-electron chi connectivity index (χ3n) is 4.03. The Balaban J connectivity index is 1.90. The molecule has 0 aliphatic carbocycles. The molecule has 4 nitrogen and oxygen atoms in total. The highest BCUT2D eigenvalue weighted by molar-refractivity contribution is 7.89. The zero-order valence-electron chi connectivity index (χ0n) is 12.2. The summed E-state index contributed by atoms with van der Waals surface area (Å²) in [4.78, 5) is -0.393. The van der Waals surface area contributed by atoms with E-state index in [1.54, 1.807) is 0 Å². The number of nitrogens with two attached hydrogens (primary N) is 1. The van der Waals surface area contributed by atoms with Crippen molar-refractivity contribution < 1.29 is 17.2 Å². The first kappa shape index (κ1) is 16.0. The maximum atomic E-state index is 13.3. The fraction of sp³-hybridized carbons (Fsp3) is 0.250. The molecule has 122 valence electrons. The van der Waals surface area contributed by atoms with Gasteiger partial charge in [-0.25, -0.2) is 17.2 Å². The summed E-state index contributed by atoms with van der Waals surface area (Å²) in [5, 5.41) is 0. The monoisotopic (exact) mass is 338 g/mol. The van der Waals surface area contributed by atoms with Crippen LogP contribution in [0.1, 0.15) is 11.5 Å². The molecule has 0 saturated carbocycles. The van der Waals surface area contributed by atoms with Crippen molar-refractivity contribution in [3.63, 3.8) is 0 Å². The van der Waals surface area contributed by atoms with E-state index < -0.39 is 26.6 Å². The first-order chi connectivity index (χ1) is 10.9. The van der Waals surface area contributed by atoms with Gasteiger partial charge in [-0.15, -0.1) is 0 Å². The van der Waals surface area contributed by atoms with E-state index in [1.165, 1.54) is 4.31 Å². The first-order valence-electron chi connectivity index (χ1n) is 7.15. The minimum absolute atomic E-state index is 0.111. The van der Waals surface area contributed by atoms with Gasteiger partial charge in [0.1, 0.15) is 11.6 Å². The van der Waals surface area contributed by atoms with Gasteiger partial charge in [-0.3, -0.25) is 0 Å². The molecule has 0 aromatic heterocycles. The van der Waals surface area contributed by atoms with E-state index in [4.69, 9.17) is 5.73 Å². The van der Waals surface area contributed by atoms with E-state index in [1.807, 2.05) is 30.3 Å². The summed E-state index contributed by atoms with van der Waals surface area (Å²) in [6.45, 7) is 0.297. The summed E-state index contributed by atoms with van der Waals surface area (Å²) in [7, 11) is -3.98. The van der Waals surface area contributed by atoms with Gasteiger partial charge in [-0.05, 0) is 17.7 Å². The second-order valence-corrected chi connectivity index (χ2v) is 7.55. The highest BCUT2D eigenvalue weighted by Crippen LogP contribution is 2.30. The van der Waals surface area contributed by atoms with Crippen LogP contribution in [0.5, 0.6) is 0 Å². The summed E-state index contributed by atoms with van der Waals surface area (Å²) < 4.78 is 53.0. The SMILES string of the molecule is N[C@@H]1CN(S(=O)(=O)c2cc(F)cc(F)c2)C[C@H]1c1ccccc1. The maximum absolute atomic E-state index is 13.3. The van der Waals surface area contributed by atoms with Gasteiger partial charge in [0.15, 0.2) is 0 Å². The third-order valence-corrected chi connectivity index (χ3v) is 5.84. The summed E-state index contributed by atoms with van der Waals surface area (Å²) in [5.41, 5.74) is 7.03. The lowest BCUT2D eigenvalue weighted by atomic mass is 9.95. The van der Waals surface area contributed by atoms with Crippen molar-refractivity contribution >= 4 is 10.0 Å². The predicted octanol–water partition coefficient (Wildman–Crippen LogP) is 2.08. The molecule has 3 rings (SSSR count). The van der Waals surface area contributed by atoms with E-state index in [-0.39, 0.29) is 25.0 Å². The highest BCUT2D eigenvalue weighted by atomic mass is 32.2. The molecule has 0 radical (unpaired) electrons. The number of nitrogens with zero attached hydrogens (tertiary/aromatic N) is 1. The van der Waals surface area contributed by atoms with Crippen molar-refractivity contribution in [2.24, 2.45) is 5.73 Å². The maximum Gasteiger partial charge on any atom is 0.243 e. The van der Waals surface area contributed by atoms with Crippen LogP contribution >= 0.6 is 0 Å². The molecule has 1 saturated heterocycles. The molecule has 0 unspecified atom stereocenters. The van der Waals surface area contributed by atoms with Gasteiger partial charge >= 0.3 is 0 Å². The van der Waals surface area contributed by atoms with Crippen molar-refractivity contribution in [2.75, 3.05) is 13.1 Å². The van der Waals surface area contributed by atoms with E-state index >= 15 is 0 Å². The lowest BCUT2D eigenvalue weighted by Gasteiger charge is -2.16. The fourth-order valence-corrected chi connectivity index (χ4v) is 4.41.